The van der Waals surface area contributed by atoms with Gasteiger partial charge in [0.1, 0.15) is 18.1 Å². The van der Waals surface area contributed by atoms with Crippen LogP contribution in [0, 0.1) is 11.8 Å². The van der Waals surface area contributed by atoms with Crippen molar-refractivity contribution in [2.45, 2.75) is 32.7 Å². The van der Waals surface area contributed by atoms with Crippen molar-refractivity contribution in [3.8, 4) is 28.8 Å². The summed E-state index contributed by atoms with van der Waals surface area (Å²) in [5.74, 6) is 6.41. The first-order valence-electron chi connectivity index (χ1n) is 11.2. The lowest BCUT2D eigenvalue weighted by Crippen LogP contribution is -2.43. The third-order valence-electron chi connectivity index (χ3n) is 5.77. The third kappa shape index (κ3) is 5.41. The summed E-state index contributed by atoms with van der Waals surface area (Å²) in [6.07, 6.45) is 2.09. The van der Waals surface area contributed by atoms with E-state index in [0.29, 0.717) is 17.9 Å². The number of hydrogen-bond donors (Lipinski definition) is 2. The Morgan fingerprint density at radius 3 is 2.82 bits per heavy atom. The average molecular weight is 445 g/mol. The molecule has 2 aromatic carbocycles. The molecule has 0 spiro atoms. The number of nitrogens with one attached hydrogen (secondary N) is 1. The monoisotopic (exact) mass is 444 g/mol. The Morgan fingerprint density at radius 2 is 2.06 bits per heavy atom. The molecule has 1 aliphatic rings. The number of benzene rings is 2. The van der Waals surface area contributed by atoms with Crippen molar-refractivity contribution in [1.29, 1.82) is 0 Å². The Balaban J connectivity index is 1.57. The number of piperidine rings is 1. The van der Waals surface area contributed by atoms with Crippen molar-refractivity contribution in [2.75, 3.05) is 31.6 Å². The van der Waals surface area contributed by atoms with Gasteiger partial charge in [0, 0.05) is 48.0 Å². The van der Waals surface area contributed by atoms with Gasteiger partial charge in [0.15, 0.2) is 5.82 Å². The van der Waals surface area contributed by atoms with Gasteiger partial charge in [0.25, 0.3) is 0 Å². The maximum absolute atomic E-state index is 11.0. The number of phenols is 1. The van der Waals surface area contributed by atoms with Crippen LogP contribution in [0.5, 0.6) is 5.75 Å². The van der Waals surface area contributed by atoms with E-state index in [1.54, 1.807) is 13.0 Å². The number of likely N-dealkylation sites (tertiary alicyclic amines) is 1. The number of rotatable bonds is 6. The molecule has 0 aliphatic carbocycles. The Kier molecular flexibility index (Phi) is 7.06. The minimum atomic E-state index is -0.248. The number of phenolic OH excluding ortho intramolecular Hbond substituents is 1. The minimum Gasteiger partial charge on any atom is -0.507 e. The number of nitrogens with zero attached hydrogens (tertiary/aromatic N) is 3. The van der Waals surface area contributed by atoms with Gasteiger partial charge >= 0.3 is 5.97 Å². The average Bonchev–Trinajstić information content (AvgIpc) is 2.80. The van der Waals surface area contributed by atoms with E-state index >= 15 is 0 Å². The number of hydrogen-bond acceptors (Lipinski definition) is 7. The summed E-state index contributed by atoms with van der Waals surface area (Å²) >= 11 is 0. The molecule has 2 heterocycles. The van der Waals surface area contributed by atoms with Crippen LogP contribution in [0.1, 0.15) is 32.3 Å². The van der Waals surface area contributed by atoms with E-state index in [-0.39, 0.29) is 17.8 Å². The van der Waals surface area contributed by atoms with Crippen molar-refractivity contribution < 1.29 is 14.6 Å². The summed E-state index contributed by atoms with van der Waals surface area (Å²) in [7, 11) is 0. The zero-order valence-corrected chi connectivity index (χ0v) is 19.0. The standard InChI is InChI=1S/C26H28N4O3/c1-3-7-19-11-12-23(24(32)16-19)25-21-9-4-5-10-22(21)26(29-28-25)27-20-8-6-13-30(17-20)14-15-33-18(2)31/h4-5,9-12,16,20,32H,6,8,13-15,17H2,1-2H3,(H,27,29)/t20-/m1/s1. The Bertz CT molecular complexity index is 1220. The molecule has 1 fully saturated rings. The molecule has 0 amide bonds. The largest absolute Gasteiger partial charge is 0.507 e. The predicted octanol–water partition coefficient (Wildman–Crippen LogP) is 3.81. The number of aromatic nitrogens is 2. The number of carbonyl (C=O) groups excluding carboxylic acids is 1. The summed E-state index contributed by atoms with van der Waals surface area (Å²) in [5, 5.41) is 25.0. The lowest BCUT2D eigenvalue weighted by Gasteiger charge is -2.33. The molecule has 1 aromatic heterocycles. The molecule has 0 radical (unpaired) electrons. The highest BCUT2D eigenvalue weighted by Crippen LogP contribution is 2.35. The van der Waals surface area contributed by atoms with Gasteiger partial charge in [-0.2, -0.15) is 0 Å². The molecule has 1 aliphatic heterocycles. The molecular weight excluding hydrogens is 416 g/mol. The fourth-order valence-electron chi connectivity index (χ4n) is 4.25. The number of anilines is 1. The van der Waals surface area contributed by atoms with Crippen LogP contribution in [-0.4, -0.2) is 58.5 Å². The fourth-order valence-corrected chi connectivity index (χ4v) is 4.25. The topological polar surface area (TPSA) is 87.6 Å². The highest BCUT2D eigenvalue weighted by Gasteiger charge is 2.22. The first-order valence-corrected chi connectivity index (χ1v) is 11.2. The molecule has 3 aromatic rings. The van der Waals surface area contributed by atoms with E-state index in [2.05, 4.69) is 32.3 Å². The van der Waals surface area contributed by atoms with E-state index < -0.39 is 0 Å². The van der Waals surface area contributed by atoms with Gasteiger partial charge in [-0.25, -0.2) is 0 Å². The predicted molar refractivity (Wildman–Crippen MR) is 129 cm³/mol. The number of aromatic hydroxyl groups is 1. The van der Waals surface area contributed by atoms with E-state index in [1.165, 1.54) is 6.92 Å². The third-order valence-corrected chi connectivity index (χ3v) is 5.77. The van der Waals surface area contributed by atoms with E-state index in [0.717, 1.165) is 54.6 Å². The van der Waals surface area contributed by atoms with Crippen molar-refractivity contribution in [3.05, 3.63) is 48.0 Å². The first-order chi connectivity index (χ1) is 16.0. The molecule has 0 unspecified atom stereocenters. The summed E-state index contributed by atoms with van der Waals surface area (Å²) in [4.78, 5) is 13.3. The molecule has 4 rings (SSSR count). The van der Waals surface area contributed by atoms with Crippen LogP contribution in [0.4, 0.5) is 5.82 Å². The van der Waals surface area contributed by atoms with Crippen LogP contribution in [0.2, 0.25) is 0 Å². The summed E-state index contributed by atoms with van der Waals surface area (Å²) in [6.45, 7) is 6.16. The van der Waals surface area contributed by atoms with Crippen LogP contribution in [-0.2, 0) is 9.53 Å². The number of fused-ring (bicyclic) bond motifs is 1. The van der Waals surface area contributed by atoms with Crippen molar-refractivity contribution in [2.24, 2.45) is 0 Å². The van der Waals surface area contributed by atoms with E-state index in [9.17, 15) is 9.90 Å². The first kappa shape index (κ1) is 22.6. The molecule has 0 bridgehead atoms. The van der Waals surface area contributed by atoms with Crippen molar-refractivity contribution >= 4 is 22.6 Å². The number of esters is 1. The van der Waals surface area contributed by atoms with Gasteiger partial charge in [0.05, 0.1) is 0 Å². The van der Waals surface area contributed by atoms with Crippen LogP contribution in [0.3, 0.4) is 0 Å². The second-order valence-electron chi connectivity index (χ2n) is 8.17. The van der Waals surface area contributed by atoms with Crippen molar-refractivity contribution in [1.82, 2.24) is 15.1 Å². The Labute approximate surface area is 193 Å². The van der Waals surface area contributed by atoms with Gasteiger partial charge < -0.3 is 15.2 Å². The number of carbonyl (C=O) groups is 1. The minimum absolute atomic E-state index is 0.131. The number of ether oxygens (including phenoxy) is 1. The summed E-state index contributed by atoms with van der Waals surface area (Å²) in [6, 6.07) is 13.5. The zero-order chi connectivity index (χ0) is 23.2. The van der Waals surface area contributed by atoms with Crippen LogP contribution < -0.4 is 5.32 Å². The van der Waals surface area contributed by atoms with E-state index in [4.69, 9.17) is 4.74 Å². The second-order valence-corrected chi connectivity index (χ2v) is 8.17. The van der Waals surface area contributed by atoms with Gasteiger partial charge in [-0.1, -0.05) is 30.2 Å². The summed E-state index contributed by atoms with van der Waals surface area (Å²) in [5.41, 5.74) is 2.02. The highest BCUT2D eigenvalue weighted by molar-refractivity contribution is 6.01. The quantitative estimate of drug-likeness (QED) is 0.441. The summed E-state index contributed by atoms with van der Waals surface area (Å²) < 4.78 is 5.09. The van der Waals surface area contributed by atoms with Gasteiger partial charge in [-0.05, 0) is 44.5 Å². The Hall–Kier alpha value is -3.63. The molecular formula is C26H28N4O3. The molecule has 0 saturated carbocycles. The van der Waals surface area contributed by atoms with Crippen molar-refractivity contribution in [3.63, 3.8) is 0 Å². The molecule has 33 heavy (non-hydrogen) atoms. The van der Waals surface area contributed by atoms with Crippen LogP contribution >= 0.6 is 0 Å². The lowest BCUT2D eigenvalue weighted by molar-refractivity contribution is -0.141. The normalized spacial score (nSPS) is 16.1. The zero-order valence-electron chi connectivity index (χ0n) is 19.0. The highest BCUT2D eigenvalue weighted by atomic mass is 16.5. The van der Waals surface area contributed by atoms with E-state index in [1.807, 2.05) is 36.4 Å². The molecule has 7 nitrogen and oxygen atoms in total. The van der Waals surface area contributed by atoms with Crippen LogP contribution in [0.15, 0.2) is 42.5 Å². The molecule has 1 atom stereocenters. The molecule has 2 N–H and O–H groups in total. The molecule has 170 valence electrons. The van der Waals surface area contributed by atoms with Gasteiger partial charge in [-0.15, -0.1) is 16.1 Å². The second kappa shape index (κ2) is 10.3. The maximum Gasteiger partial charge on any atom is 0.302 e. The van der Waals surface area contributed by atoms with Gasteiger partial charge in [0.2, 0.25) is 0 Å². The molecule has 1 saturated heterocycles. The fraction of sp³-hybridized carbons (Fsp3) is 0.346. The van der Waals surface area contributed by atoms with Crippen LogP contribution in [0.25, 0.3) is 22.0 Å². The molecule has 7 heteroatoms. The smallest absolute Gasteiger partial charge is 0.302 e. The Morgan fingerprint density at radius 1 is 1.24 bits per heavy atom. The SMILES string of the molecule is CC#Cc1ccc(-c2nnc(N[C@@H]3CCCN(CCOC(C)=O)C3)c3ccccc23)c(O)c1. The van der Waals surface area contributed by atoms with Gasteiger partial charge in [-0.3, -0.25) is 9.69 Å². The maximum atomic E-state index is 11.0. The lowest BCUT2D eigenvalue weighted by atomic mass is 10.0.